The van der Waals surface area contributed by atoms with Gasteiger partial charge in [0.05, 0.1) is 0 Å². The molecule has 1 atom stereocenters. The summed E-state index contributed by atoms with van der Waals surface area (Å²) in [7, 11) is 0. The molecule has 1 fully saturated rings. The summed E-state index contributed by atoms with van der Waals surface area (Å²) in [4.78, 5) is 2.57. The summed E-state index contributed by atoms with van der Waals surface area (Å²) < 4.78 is 0. The first kappa shape index (κ1) is 16.4. The number of hydrogen-bond acceptors (Lipinski definition) is 2. The average molecular weight is 288 g/mol. The van der Waals surface area contributed by atoms with Gasteiger partial charge in [-0.25, -0.2) is 0 Å². The van der Waals surface area contributed by atoms with Crippen LogP contribution >= 0.6 is 0 Å². The Balaban J connectivity index is 1.86. The zero-order valence-corrected chi connectivity index (χ0v) is 14.1. The molecule has 1 N–H and O–H groups in total. The Morgan fingerprint density at radius 1 is 1.14 bits per heavy atom. The summed E-state index contributed by atoms with van der Waals surface area (Å²) in [5.41, 5.74) is 2.79. The van der Waals surface area contributed by atoms with E-state index in [-0.39, 0.29) is 0 Å². The molecule has 0 aromatic heterocycles. The van der Waals surface area contributed by atoms with Crippen LogP contribution in [0.5, 0.6) is 0 Å². The third kappa shape index (κ3) is 5.35. The molecule has 1 aliphatic rings. The molecular weight excluding hydrogens is 256 g/mol. The van der Waals surface area contributed by atoms with Crippen molar-refractivity contribution in [3.05, 3.63) is 29.8 Å². The maximum Gasteiger partial charge on any atom is 0.0366 e. The van der Waals surface area contributed by atoms with Crippen LogP contribution < -0.4 is 10.2 Å². The van der Waals surface area contributed by atoms with Crippen LogP contribution in [-0.4, -0.2) is 19.6 Å². The first-order valence-electron chi connectivity index (χ1n) is 8.73. The lowest BCUT2D eigenvalue weighted by molar-refractivity contribution is 0.459. The Bertz CT molecular complexity index is 397. The molecule has 1 aromatic carbocycles. The molecule has 1 aromatic rings. The number of nitrogens with zero attached hydrogens (tertiary/aromatic N) is 1. The summed E-state index contributed by atoms with van der Waals surface area (Å²) >= 11 is 0. The van der Waals surface area contributed by atoms with Gasteiger partial charge >= 0.3 is 0 Å². The van der Waals surface area contributed by atoms with Crippen molar-refractivity contribution < 1.29 is 0 Å². The van der Waals surface area contributed by atoms with E-state index in [0.29, 0.717) is 5.92 Å². The minimum absolute atomic E-state index is 0.716. The number of anilines is 1. The highest BCUT2D eigenvalue weighted by Crippen LogP contribution is 2.24. The summed E-state index contributed by atoms with van der Waals surface area (Å²) in [6.07, 6.45) is 5.45. The summed E-state index contributed by atoms with van der Waals surface area (Å²) in [5, 5.41) is 3.51. The molecule has 0 saturated carbocycles. The van der Waals surface area contributed by atoms with Gasteiger partial charge in [-0.2, -0.15) is 0 Å². The Morgan fingerprint density at radius 3 is 2.57 bits per heavy atom. The van der Waals surface area contributed by atoms with Crippen molar-refractivity contribution in [2.45, 2.75) is 53.0 Å². The Hall–Kier alpha value is -1.02. The van der Waals surface area contributed by atoms with E-state index in [4.69, 9.17) is 0 Å². The van der Waals surface area contributed by atoms with Crippen molar-refractivity contribution in [1.82, 2.24) is 5.32 Å². The predicted molar refractivity (Wildman–Crippen MR) is 92.8 cm³/mol. The lowest BCUT2D eigenvalue weighted by Crippen LogP contribution is -2.24. The highest BCUT2D eigenvalue weighted by atomic mass is 15.1. The first-order valence-corrected chi connectivity index (χ1v) is 8.73. The van der Waals surface area contributed by atoms with Gasteiger partial charge in [0.1, 0.15) is 0 Å². The van der Waals surface area contributed by atoms with Crippen molar-refractivity contribution in [1.29, 1.82) is 0 Å². The molecule has 1 aliphatic heterocycles. The maximum atomic E-state index is 3.51. The van der Waals surface area contributed by atoms with E-state index in [9.17, 15) is 0 Å². The van der Waals surface area contributed by atoms with Crippen molar-refractivity contribution in [2.24, 2.45) is 11.8 Å². The van der Waals surface area contributed by atoms with E-state index in [2.05, 4.69) is 55.3 Å². The maximum absolute atomic E-state index is 3.51. The van der Waals surface area contributed by atoms with Crippen LogP contribution in [-0.2, 0) is 6.54 Å². The Labute approximate surface area is 130 Å². The van der Waals surface area contributed by atoms with Crippen molar-refractivity contribution in [3.8, 4) is 0 Å². The molecule has 1 heterocycles. The van der Waals surface area contributed by atoms with Crippen LogP contribution in [0.1, 0.15) is 52.0 Å². The van der Waals surface area contributed by atoms with E-state index in [1.807, 2.05) is 0 Å². The second-order valence-electron chi connectivity index (χ2n) is 6.88. The van der Waals surface area contributed by atoms with E-state index >= 15 is 0 Å². The fraction of sp³-hybridized carbons (Fsp3) is 0.684. The van der Waals surface area contributed by atoms with Gasteiger partial charge in [-0.15, -0.1) is 0 Å². The van der Waals surface area contributed by atoms with Gasteiger partial charge in [0.25, 0.3) is 0 Å². The minimum atomic E-state index is 0.716. The second kappa shape index (κ2) is 8.43. The zero-order valence-electron chi connectivity index (χ0n) is 14.1. The van der Waals surface area contributed by atoms with Crippen LogP contribution in [0.2, 0.25) is 0 Å². The fourth-order valence-corrected chi connectivity index (χ4v) is 3.16. The normalized spacial score (nSPS) is 19.8. The molecule has 0 bridgehead atoms. The molecule has 1 unspecified atom stereocenters. The molecule has 1 saturated heterocycles. The average Bonchev–Trinajstić information content (AvgIpc) is 2.73. The van der Waals surface area contributed by atoms with Gasteiger partial charge in [0, 0.05) is 25.3 Å². The van der Waals surface area contributed by atoms with Crippen LogP contribution in [0, 0.1) is 11.8 Å². The monoisotopic (exact) mass is 288 g/mol. The van der Waals surface area contributed by atoms with Gasteiger partial charge in [-0.3, -0.25) is 0 Å². The summed E-state index contributed by atoms with van der Waals surface area (Å²) in [6, 6.07) is 9.17. The highest BCUT2D eigenvalue weighted by Gasteiger charge is 2.15. The smallest absolute Gasteiger partial charge is 0.0366 e. The largest absolute Gasteiger partial charge is 0.372 e. The SMILES string of the molecule is CCC1CCCN(c2ccc(CNCC(C)C)cc2)CC1. The van der Waals surface area contributed by atoms with E-state index in [0.717, 1.165) is 19.0 Å². The molecule has 0 radical (unpaired) electrons. The third-order valence-electron chi connectivity index (χ3n) is 4.61. The second-order valence-corrected chi connectivity index (χ2v) is 6.88. The number of nitrogens with one attached hydrogen (secondary N) is 1. The van der Waals surface area contributed by atoms with Gasteiger partial charge in [-0.1, -0.05) is 39.3 Å². The fourth-order valence-electron chi connectivity index (χ4n) is 3.16. The number of hydrogen-bond donors (Lipinski definition) is 1. The molecule has 21 heavy (non-hydrogen) atoms. The standard InChI is InChI=1S/C19H32N2/c1-4-17-6-5-12-21(13-11-17)19-9-7-18(8-10-19)15-20-14-16(2)3/h7-10,16-17,20H,4-6,11-15H2,1-3H3. The molecule has 0 spiro atoms. The van der Waals surface area contributed by atoms with Gasteiger partial charge < -0.3 is 10.2 Å². The van der Waals surface area contributed by atoms with E-state index in [1.165, 1.54) is 50.0 Å². The van der Waals surface area contributed by atoms with Crippen LogP contribution in [0.4, 0.5) is 5.69 Å². The van der Waals surface area contributed by atoms with Crippen molar-refractivity contribution >= 4 is 5.69 Å². The van der Waals surface area contributed by atoms with E-state index < -0.39 is 0 Å². The van der Waals surface area contributed by atoms with Crippen LogP contribution in [0.25, 0.3) is 0 Å². The third-order valence-corrected chi connectivity index (χ3v) is 4.61. The Morgan fingerprint density at radius 2 is 1.90 bits per heavy atom. The van der Waals surface area contributed by atoms with Gasteiger partial charge in [-0.05, 0) is 55.3 Å². The molecular formula is C19H32N2. The quantitative estimate of drug-likeness (QED) is 0.832. The van der Waals surface area contributed by atoms with E-state index in [1.54, 1.807) is 0 Å². The first-order chi connectivity index (χ1) is 10.2. The molecule has 2 nitrogen and oxygen atoms in total. The molecule has 0 amide bonds. The van der Waals surface area contributed by atoms with Gasteiger partial charge in [0.2, 0.25) is 0 Å². The lowest BCUT2D eigenvalue weighted by atomic mass is 9.98. The summed E-state index contributed by atoms with van der Waals surface area (Å²) in [5.74, 6) is 1.65. The highest BCUT2D eigenvalue weighted by molar-refractivity contribution is 5.47. The zero-order chi connectivity index (χ0) is 15.1. The topological polar surface area (TPSA) is 15.3 Å². The molecule has 2 rings (SSSR count). The van der Waals surface area contributed by atoms with Gasteiger partial charge in [0.15, 0.2) is 0 Å². The lowest BCUT2D eigenvalue weighted by Gasteiger charge is -2.23. The molecule has 0 aliphatic carbocycles. The molecule has 2 heteroatoms. The molecule has 118 valence electrons. The van der Waals surface area contributed by atoms with Crippen molar-refractivity contribution in [2.75, 3.05) is 24.5 Å². The minimum Gasteiger partial charge on any atom is -0.372 e. The van der Waals surface area contributed by atoms with Crippen LogP contribution in [0.15, 0.2) is 24.3 Å². The number of rotatable bonds is 6. The van der Waals surface area contributed by atoms with Crippen molar-refractivity contribution in [3.63, 3.8) is 0 Å². The predicted octanol–water partition coefficient (Wildman–Crippen LogP) is 4.45. The summed E-state index contributed by atoms with van der Waals surface area (Å²) in [6.45, 7) is 11.4. The van der Waals surface area contributed by atoms with Crippen LogP contribution in [0.3, 0.4) is 0 Å². The Kier molecular flexibility index (Phi) is 6.56. The number of benzene rings is 1.